The van der Waals surface area contributed by atoms with E-state index in [1.54, 1.807) is 6.07 Å². The van der Waals surface area contributed by atoms with Gasteiger partial charge in [0.05, 0.1) is 0 Å². The molecule has 0 aliphatic carbocycles. The van der Waals surface area contributed by atoms with E-state index >= 15 is 0 Å². The second kappa shape index (κ2) is 7.21. The molecule has 0 amide bonds. The Kier molecular flexibility index (Phi) is 5.58. The Hall–Kier alpha value is -0.900. The van der Waals surface area contributed by atoms with Crippen molar-refractivity contribution in [2.45, 2.75) is 19.4 Å². The largest absolute Gasteiger partial charge is 0.310 e. The maximum Gasteiger partial charge on any atom is 0.127 e. The van der Waals surface area contributed by atoms with Crippen molar-refractivity contribution in [3.05, 3.63) is 68.9 Å². The number of hydrogen-bond acceptors (Lipinski definition) is 1. The molecule has 0 saturated carbocycles. The quantitative estimate of drug-likeness (QED) is 0.782. The van der Waals surface area contributed by atoms with Crippen LogP contribution in [0.25, 0.3) is 0 Å². The van der Waals surface area contributed by atoms with Crippen LogP contribution in [-0.4, -0.2) is 6.54 Å². The van der Waals surface area contributed by atoms with Gasteiger partial charge in [-0.3, -0.25) is 0 Å². The molecule has 2 rings (SSSR count). The molecule has 1 unspecified atom stereocenters. The van der Waals surface area contributed by atoms with Gasteiger partial charge in [-0.1, -0.05) is 58.7 Å². The molecular weight excluding hydrogens is 341 g/mol. The molecule has 4 heteroatoms. The Bertz CT molecular complexity index is 588. The molecule has 0 aromatic heterocycles. The number of rotatable bonds is 5. The maximum atomic E-state index is 14.0. The second-order valence-electron chi connectivity index (χ2n) is 4.57. The molecule has 0 bridgehead atoms. The fourth-order valence-electron chi connectivity index (χ4n) is 2.20. The van der Waals surface area contributed by atoms with Crippen LogP contribution < -0.4 is 5.32 Å². The molecule has 0 heterocycles. The van der Waals surface area contributed by atoms with Crippen LogP contribution in [0.4, 0.5) is 4.39 Å². The van der Waals surface area contributed by atoms with Crippen LogP contribution >= 0.6 is 27.5 Å². The highest BCUT2D eigenvalue weighted by Crippen LogP contribution is 2.27. The Morgan fingerprint density at radius 3 is 2.65 bits per heavy atom. The molecule has 1 nitrogen and oxygen atoms in total. The van der Waals surface area contributed by atoms with Gasteiger partial charge in [-0.15, -0.1) is 0 Å². The summed E-state index contributed by atoms with van der Waals surface area (Å²) in [6.07, 6.45) is 0.566. The summed E-state index contributed by atoms with van der Waals surface area (Å²) >= 11 is 9.52. The van der Waals surface area contributed by atoms with Crippen LogP contribution in [-0.2, 0) is 6.42 Å². The first-order valence-electron chi connectivity index (χ1n) is 6.53. The van der Waals surface area contributed by atoms with Crippen molar-refractivity contribution >= 4 is 27.5 Å². The maximum absolute atomic E-state index is 14.0. The Morgan fingerprint density at radius 1 is 1.25 bits per heavy atom. The number of hydrogen-bond donors (Lipinski definition) is 1. The molecule has 1 atom stereocenters. The van der Waals surface area contributed by atoms with Gasteiger partial charge < -0.3 is 5.32 Å². The third-order valence-corrected chi connectivity index (χ3v) is 4.01. The van der Waals surface area contributed by atoms with Crippen LogP contribution in [0, 0.1) is 5.82 Å². The molecule has 0 aliphatic heterocycles. The molecule has 1 N–H and O–H groups in total. The van der Waals surface area contributed by atoms with E-state index in [2.05, 4.69) is 21.2 Å². The minimum atomic E-state index is -0.200. The topological polar surface area (TPSA) is 12.0 Å². The SMILES string of the molecule is CCNC(Cc1ccc(Br)cc1F)c1ccccc1Cl. The summed E-state index contributed by atoms with van der Waals surface area (Å²) in [5.74, 6) is -0.200. The first-order chi connectivity index (χ1) is 9.61. The third kappa shape index (κ3) is 3.81. The van der Waals surface area contributed by atoms with E-state index in [4.69, 9.17) is 11.6 Å². The van der Waals surface area contributed by atoms with Crippen molar-refractivity contribution in [3.63, 3.8) is 0 Å². The smallest absolute Gasteiger partial charge is 0.127 e. The Balaban J connectivity index is 2.28. The summed E-state index contributed by atoms with van der Waals surface area (Å²) in [6.45, 7) is 2.83. The predicted octanol–water partition coefficient (Wildman–Crippen LogP) is 5.13. The van der Waals surface area contributed by atoms with Gasteiger partial charge in [0, 0.05) is 15.5 Å². The lowest BCUT2D eigenvalue weighted by Gasteiger charge is -2.20. The average molecular weight is 357 g/mol. The second-order valence-corrected chi connectivity index (χ2v) is 5.89. The number of halogens is 3. The summed E-state index contributed by atoms with van der Waals surface area (Å²) in [5.41, 5.74) is 1.68. The van der Waals surface area contributed by atoms with E-state index in [-0.39, 0.29) is 11.9 Å². The summed E-state index contributed by atoms with van der Waals surface area (Å²) in [5, 5.41) is 4.07. The molecule has 2 aromatic rings. The Labute approximate surface area is 132 Å². The van der Waals surface area contributed by atoms with Gasteiger partial charge in [-0.2, -0.15) is 0 Å². The molecular formula is C16H16BrClFN. The standard InChI is InChI=1S/C16H16BrClFN/c1-2-20-16(13-5-3-4-6-14(13)18)9-11-7-8-12(17)10-15(11)19/h3-8,10,16,20H,2,9H2,1H3. The van der Waals surface area contributed by atoms with Gasteiger partial charge in [0.15, 0.2) is 0 Å². The fraction of sp³-hybridized carbons (Fsp3) is 0.250. The monoisotopic (exact) mass is 355 g/mol. The lowest BCUT2D eigenvalue weighted by atomic mass is 9.98. The fourth-order valence-corrected chi connectivity index (χ4v) is 2.80. The van der Waals surface area contributed by atoms with E-state index in [0.29, 0.717) is 17.0 Å². The zero-order valence-electron chi connectivity index (χ0n) is 11.2. The predicted molar refractivity (Wildman–Crippen MR) is 85.7 cm³/mol. The minimum Gasteiger partial charge on any atom is -0.310 e. The van der Waals surface area contributed by atoms with E-state index in [0.717, 1.165) is 16.6 Å². The first-order valence-corrected chi connectivity index (χ1v) is 7.70. The highest BCUT2D eigenvalue weighted by Gasteiger charge is 2.16. The van der Waals surface area contributed by atoms with Gasteiger partial charge in [0.25, 0.3) is 0 Å². The minimum absolute atomic E-state index is 0.00405. The van der Waals surface area contributed by atoms with Crippen LogP contribution in [0.1, 0.15) is 24.1 Å². The normalized spacial score (nSPS) is 12.4. The summed E-state index contributed by atoms with van der Waals surface area (Å²) in [4.78, 5) is 0. The van der Waals surface area contributed by atoms with Crippen molar-refractivity contribution in [2.75, 3.05) is 6.54 Å². The zero-order chi connectivity index (χ0) is 14.5. The summed E-state index contributed by atoms with van der Waals surface area (Å²) < 4.78 is 14.7. The number of likely N-dealkylation sites (N-methyl/N-ethyl adjacent to an activating group) is 1. The van der Waals surface area contributed by atoms with Gasteiger partial charge in [0.1, 0.15) is 5.82 Å². The first kappa shape index (κ1) is 15.5. The molecule has 2 aromatic carbocycles. The molecule has 106 valence electrons. The zero-order valence-corrected chi connectivity index (χ0v) is 13.5. The number of nitrogens with one attached hydrogen (secondary N) is 1. The van der Waals surface area contributed by atoms with Crippen LogP contribution in [0.3, 0.4) is 0 Å². The van der Waals surface area contributed by atoms with Crippen molar-refractivity contribution in [2.24, 2.45) is 0 Å². The van der Waals surface area contributed by atoms with E-state index in [1.165, 1.54) is 6.07 Å². The summed E-state index contributed by atoms with van der Waals surface area (Å²) in [6, 6.07) is 12.8. The molecule has 0 spiro atoms. The van der Waals surface area contributed by atoms with Crippen molar-refractivity contribution in [1.29, 1.82) is 0 Å². The van der Waals surface area contributed by atoms with Crippen LogP contribution in [0.2, 0.25) is 5.02 Å². The van der Waals surface area contributed by atoms with Gasteiger partial charge in [-0.25, -0.2) is 4.39 Å². The van der Waals surface area contributed by atoms with Crippen molar-refractivity contribution in [3.8, 4) is 0 Å². The molecule has 20 heavy (non-hydrogen) atoms. The van der Waals surface area contributed by atoms with E-state index < -0.39 is 0 Å². The molecule has 0 saturated heterocycles. The van der Waals surface area contributed by atoms with Crippen molar-refractivity contribution in [1.82, 2.24) is 5.32 Å². The summed E-state index contributed by atoms with van der Waals surface area (Å²) in [7, 11) is 0. The van der Waals surface area contributed by atoms with Crippen LogP contribution in [0.15, 0.2) is 46.9 Å². The Morgan fingerprint density at radius 2 is 2.00 bits per heavy atom. The van der Waals surface area contributed by atoms with Gasteiger partial charge in [0.2, 0.25) is 0 Å². The third-order valence-electron chi connectivity index (χ3n) is 3.17. The number of benzene rings is 2. The van der Waals surface area contributed by atoms with E-state index in [1.807, 2.05) is 37.3 Å². The van der Waals surface area contributed by atoms with E-state index in [9.17, 15) is 4.39 Å². The highest BCUT2D eigenvalue weighted by molar-refractivity contribution is 9.10. The molecule has 0 aliphatic rings. The van der Waals surface area contributed by atoms with Crippen LogP contribution in [0.5, 0.6) is 0 Å². The highest BCUT2D eigenvalue weighted by atomic mass is 79.9. The van der Waals surface area contributed by atoms with Gasteiger partial charge >= 0.3 is 0 Å². The lowest BCUT2D eigenvalue weighted by Crippen LogP contribution is -2.23. The molecule has 0 fully saturated rings. The lowest BCUT2D eigenvalue weighted by molar-refractivity contribution is 0.528. The van der Waals surface area contributed by atoms with Crippen molar-refractivity contribution < 1.29 is 4.39 Å². The average Bonchev–Trinajstić information content (AvgIpc) is 2.42. The van der Waals surface area contributed by atoms with Gasteiger partial charge in [-0.05, 0) is 42.3 Å². The molecule has 0 radical (unpaired) electrons.